The molecule has 1 amide bonds. The fourth-order valence-electron chi connectivity index (χ4n) is 2.20. The summed E-state index contributed by atoms with van der Waals surface area (Å²) in [6.45, 7) is 1.81. The summed E-state index contributed by atoms with van der Waals surface area (Å²) in [4.78, 5) is 12.4. The van der Waals surface area contributed by atoms with Crippen LogP contribution < -0.4 is 10.1 Å². The second kappa shape index (κ2) is 8.33. The summed E-state index contributed by atoms with van der Waals surface area (Å²) in [6, 6.07) is 14.8. The van der Waals surface area contributed by atoms with Crippen molar-refractivity contribution in [1.29, 1.82) is 0 Å². The smallest absolute Gasteiger partial charge is 0.237 e. The van der Waals surface area contributed by atoms with Gasteiger partial charge in [0.05, 0.1) is 12.4 Å². The first-order valence-electron chi connectivity index (χ1n) is 7.73. The topological polar surface area (TPSA) is 81.9 Å². The molecule has 1 N–H and O–H groups in total. The molecule has 1 unspecified atom stereocenters. The quantitative estimate of drug-likeness (QED) is 0.598. The minimum absolute atomic E-state index is 0.133. The maximum atomic E-state index is 12.4. The van der Waals surface area contributed by atoms with Crippen LogP contribution in [0.4, 0.5) is 5.69 Å². The second-order valence-electron chi connectivity index (χ2n) is 5.30. The maximum Gasteiger partial charge on any atom is 0.237 e. The molecule has 1 atom stereocenters. The average molecular weight is 434 g/mol. The molecule has 0 aliphatic rings. The van der Waals surface area contributed by atoms with Gasteiger partial charge in [-0.1, -0.05) is 39.8 Å². The van der Waals surface area contributed by atoms with Crippen LogP contribution in [0.5, 0.6) is 5.75 Å². The number of para-hydroxylation sites is 2. The summed E-state index contributed by atoms with van der Waals surface area (Å²) in [6.07, 6.45) is 0. The van der Waals surface area contributed by atoms with Crippen molar-refractivity contribution in [2.45, 2.75) is 17.3 Å². The molecular formula is C17H16BrN5O2S. The van der Waals surface area contributed by atoms with Gasteiger partial charge in [-0.3, -0.25) is 4.79 Å². The van der Waals surface area contributed by atoms with Gasteiger partial charge in [-0.2, -0.15) is 4.68 Å². The molecular weight excluding hydrogens is 418 g/mol. The van der Waals surface area contributed by atoms with Gasteiger partial charge in [-0.15, -0.1) is 5.10 Å². The molecule has 0 bridgehead atoms. The van der Waals surface area contributed by atoms with Gasteiger partial charge in [0, 0.05) is 10.2 Å². The van der Waals surface area contributed by atoms with Gasteiger partial charge in [0.1, 0.15) is 11.4 Å². The number of benzene rings is 2. The molecule has 0 aliphatic heterocycles. The predicted molar refractivity (Wildman–Crippen MR) is 104 cm³/mol. The van der Waals surface area contributed by atoms with E-state index in [1.807, 2.05) is 48.5 Å². The van der Waals surface area contributed by atoms with Crippen molar-refractivity contribution in [1.82, 2.24) is 20.2 Å². The Labute approximate surface area is 163 Å². The van der Waals surface area contributed by atoms with Crippen LogP contribution in [0, 0.1) is 0 Å². The Morgan fingerprint density at radius 2 is 1.96 bits per heavy atom. The standard InChI is InChI=1S/C17H16BrN5O2S/c1-11(16(24)19-13-9-7-12(18)8-10-13)26-17-20-21-22-23(17)14-5-3-4-6-15(14)25-2/h3-11H,1-2H3,(H,19,24). The number of tetrazole rings is 1. The van der Waals surface area contributed by atoms with E-state index in [1.54, 1.807) is 18.7 Å². The number of amides is 1. The van der Waals surface area contributed by atoms with Gasteiger partial charge in [-0.05, 0) is 53.7 Å². The van der Waals surface area contributed by atoms with Gasteiger partial charge >= 0.3 is 0 Å². The van der Waals surface area contributed by atoms with Crippen molar-refractivity contribution in [2.75, 3.05) is 12.4 Å². The third-order valence-corrected chi connectivity index (χ3v) is 5.08. The molecule has 0 saturated carbocycles. The van der Waals surface area contributed by atoms with Gasteiger partial charge < -0.3 is 10.1 Å². The Morgan fingerprint density at radius 3 is 2.69 bits per heavy atom. The van der Waals surface area contributed by atoms with Crippen molar-refractivity contribution in [3.05, 3.63) is 53.0 Å². The number of methoxy groups -OCH3 is 1. The Morgan fingerprint density at radius 1 is 1.23 bits per heavy atom. The Hall–Kier alpha value is -2.39. The largest absolute Gasteiger partial charge is 0.494 e. The fourth-order valence-corrected chi connectivity index (χ4v) is 3.26. The highest BCUT2D eigenvalue weighted by Crippen LogP contribution is 2.28. The van der Waals surface area contributed by atoms with E-state index in [2.05, 4.69) is 36.8 Å². The molecule has 0 saturated heterocycles. The Bertz CT molecular complexity index is 900. The zero-order valence-corrected chi connectivity index (χ0v) is 16.5. The predicted octanol–water partition coefficient (Wildman–Crippen LogP) is 3.55. The number of nitrogens with one attached hydrogen (secondary N) is 1. The van der Waals surface area contributed by atoms with E-state index in [0.29, 0.717) is 16.6 Å². The molecule has 0 spiro atoms. The number of hydrogen-bond donors (Lipinski definition) is 1. The zero-order valence-electron chi connectivity index (χ0n) is 14.1. The lowest BCUT2D eigenvalue weighted by Gasteiger charge is -2.13. The van der Waals surface area contributed by atoms with Crippen LogP contribution in [-0.4, -0.2) is 38.5 Å². The highest BCUT2D eigenvalue weighted by atomic mass is 79.9. The first-order valence-corrected chi connectivity index (χ1v) is 9.40. The SMILES string of the molecule is COc1ccccc1-n1nnnc1SC(C)C(=O)Nc1ccc(Br)cc1. The molecule has 0 fully saturated rings. The minimum atomic E-state index is -0.391. The summed E-state index contributed by atoms with van der Waals surface area (Å²) < 4.78 is 7.87. The Kier molecular flexibility index (Phi) is 5.89. The highest BCUT2D eigenvalue weighted by Gasteiger charge is 2.20. The van der Waals surface area contributed by atoms with Crippen molar-refractivity contribution in [3.8, 4) is 11.4 Å². The van der Waals surface area contributed by atoms with Crippen LogP contribution in [0.3, 0.4) is 0 Å². The van der Waals surface area contributed by atoms with E-state index < -0.39 is 5.25 Å². The molecule has 26 heavy (non-hydrogen) atoms. The van der Waals surface area contributed by atoms with E-state index in [4.69, 9.17) is 4.74 Å². The molecule has 2 aromatic carbocycles. The normalized spacial score (nSPS) is 11.8. The molecule has 9 heteroatoms. The molecule has 1 aromatic heterocycles. The van der Waals surface area contributed by atoms with Crippen LogP contribution >= 0.6 is 27.7 Å². The average Bonchev–Trinajstić information content (AvgIpc) is 3.11. The number of carbonyl (C=O) groups excluding carboxylic acids is 1. The number of nitrogens with zero attached hydrogens (tertiary/aromatic N) is 4. The molecule has 0 radical (unpaired) electrons. The molecule has 0 aliphatic carbocycles. The van der Waals surface area contributed by atoms with Crippen molar-refractivity contribution < 1.29 is 9.53 Å². The van der Waals surface area contributed by atoms with E-state index >= 15 is 0 Å². The van der Waals surface area contributed by atoms with Crippen LogP contribution in [0.1, 0.15) is 6.92 Å². The zero-order chi connectivity index (χ0) is 18.5. The first-order chi connectivity index (χ1) is 12.6. The minimum Gasteiger partial charge on any atom is -0.494 e. The van der Waals surface area contributed by atoms with E-state index in [0.717, 1.165) is 10.2 Å². The van der Waals surface area contributed by atoms with Gasteiger partial charge in [0.15, 0.2) is 0 Å². The summed E-state index contributed by atoms with van der Waals surface area (Å²) in [5.74, 6) is 0.514. The summed E-state index contributed by atoms with van der Waals surface area (Å²) >= 11 is 4.64. The van der Waals surface area contributed by atoms with E-state index in [1.165, 1.54) is 11.8 Å². The molecule has 3 rings (SSSR count). The number of rotatable bonds is 6. The summed E-state index contributed by atoms with van der Waals surface area (Å²) in [7, 11) is 1.59. The van der Waals surface area contributed by atoms with E-state index in [9.17, 15) is 4.79 Å². The number of anilines is 1. The summed E-state index contributed by atoms with van der Waals surface area (Å²) in [5.41, 5.74) is 1.44. The lowest BCUT2D eigenvalue weighted by atomic mass is 10.3. The van der Waals surface area contributed by atoms with Crippen molar-refractivity contribution in [3.63, 3.8) is 0 Å². The summed E-state index contributed by atoms with van der Waals surface area (Å²) in [5, 5.41) is 14.8. The van der Waals surface area contributed by atoms with Crippen molar-refractivity contribution in [2.24, 2.45) is 0 Å². The number of carbonyl (C=O) groups is 1. The molecule has 3 aromatic rings. The monoisotopic (exact) mass is 433 g/mol. The van der Waals surface area contributed by atoms with Crippen LogP contribution in [-0.2, 0) is 4.79 Å². The second-order valence-corrected chi connectivity index (χ2v) is 7.52. The lowest BCUT2D eigenvalue weighted by molar-refractivity contribution is -0.115. The number of aromatic nitrogens is 4. The third kappa shape index (κ3) is 4.23. The van der Waals surface area contributed by atoms with Crippen LogP contribution in [0.25, 0.3) is 5.69 Å². The van der Waals surface area contributed by atoms with Gasteiger partial charge in [0.25, 0.3) is 0 Å². The number of halogens is 1. The fraction of sp³-hybridized carbons (Fsp3) is 0.176. The molecule has 1 heterocycles. The lowest BCUT2D eigenvalue weighted by Crippen LogP contribution is -2.22. The van der Waals surface area contributed by atoms with E-state index in [-0.39, 0.29) is 5.91 Å². The van der Waals surface area contributed by atoms with Gasteiger partial charge in [0.2, 0.25) is 11.1 Å². The number of thioether (sulfide) groups is 1. The Balaban J connectivity index is 1.74. The van der Waals surface area contributed by atoms with Crippen LogP contribution in [0.15, 0.2) is 58.2 Å². The third-order valence-electron chi connectivity index (χ3n) is 3.52. The highest BCUT2D eigenvalue weighted by molar-refractivity contribution is 9.10. The molecule has 7 nitrogen and oxygen atoms in total. The van der Waals surface area contributed by atoms with Crippen molar-refractivity contribution >= 4 is 39.3 Å². The number of hydrogen-bond acceptors (Lipinski definition) is 6. The van der Waals surface area contributed by atoms with Gasteiger partial charge in [-0.25, -0.2) is 0 Å². The molecule has 134 valence electrons. The first kappa shape index (κ1) is 18.4. The number of ether oxygens (including phenoxy) is 1. The van der Waals surface area contributed by atoms with Crippen LogP contribution in [0.2, 0.25) is 0 Å². The maximum absolute atomic E-state index is 12.4.